The van der Waals surface area contributed by atoms with Crippen molar-refractivity contribution in [2.24, 2.45) is 0 Å². The smallest absolute Gasteiger partial charge is 0.137 e. The van der Waals surface area contributed by atoms with Crippen LogP contribution in [0, 0.1) is 0 Å². The van der Waals surface area contributed by atoms with Gasteiger partial charge in [-0.05, 0) is 106 Å². The fraction of sp³-hybridized carbons (Fsp3) is 0.103. The molecule has 61 heavy (non-hydrogen) atoms. The number of para-hydroxylation sites is 3. The zero-order chi connectivity index (χ0) is 40.3. The van der Waals surface area contributed by atoms with Crippen LogP contribution in [-0.2, 0) is 0 Å². The molecule has 292 valence electrons. The van der Waals surface area contributed by atoms with E-state index in [4.69, 9.17) is 4.42 Å². The molecule has 0 saturated heterocycles. The Bertz CT molecular complexity index is 3400. The molecule has 3 heteroatoms. The fourth-order valence-electron chi connectivity index (χ4n) is 10.4. The summed E-state index contributed by atoms with van der Waals surface area (Å²) in [4.78, 5) is 2.48. The largest absolute Gasteiger partial charge is 0.456 e. The van der Waals surface area contributed by atoms with Gasteiger partial charge in [0.1, 0.15) is 11.2 Å². The number of anilines is 3. The van der Waals surface area contributed by atoms with Crippen LogP contribution >= 0.6 is 0 Å². The van der Waals surface area contributed by atoms with Crippen molar-refractivity contribution in [1.82, 2.24) is 4.57 Å². The Labute approximate surface area is 355 Å². The number of nitrogens with zero attached hydrogens (tertiary/aromatic N) is 2. The van der Waals surface area contributed by atoms with Gasteiger partial charge in [-0.25, -0.2) is 0 Å². The Kier molecular flexibility index (Phi) is 8.59. The van der Waals surface area contributed by atoms with Crippen molar-refractivity contribution in [3.05, 3.63) is 206 Å². The van der Waals surface area contributed by atoms with Crippen molar-refractivity contribution in [3.8, 4) is 27.9 Å². The molecular weight excluding hydrogens is 741 g/mol. The van der Waals surface area contributed by atoms with Gasteiger partial charge in [0.15, 0.2) is 0 Å². The number of furan rings is 1. The molecule has 3 nitrogen and oxygen atoms in total. The van der Waals surface area contributed by atoms with E-state index in [-0.39, 0.29) is 0 Å². The van der Waals surface area contributed by atoms with Crippen LogP contribution in [0.4, 0.5) is 17.1 Å². The van der Waals surface area contributed by atoms with Gasteiger partial charge >= 0.3 is 0 Å². The summed E-state index contributed by atoms with van der Waals surface area (Å²) in [5, 5.41) is 7.18. The van der Waals surface area contributed by atoms with Crippen molar-refractivity contribution >= 4 is 71.6 Å². The maximum atomic E-state index is 6.57. The second-order valence-corrected chi connectivity index (χ2v) is 16.7. The summed E-state index contributed by atoms with van der Waals surface area (Å²) in [6.45, 7) is 0. The van der Waals surface area contributed by atoms with E-state index in [0.717, 1.165) is 44.6 Å². The summed E-state index contributed by atoms with van der Waals surface area (Å²) in [6, 6.07) is 73.3. The van der Waals surface area contributed by atoms with Gasteiger partial charge < -0.3 is 13.9 Å². The van der Waals surface area contributed by atoms with Gasteiger partial charge in [0.25, 0.3) is 0 Å². The average molecular weight is 785 g/mol. The second kappa shape index (κ2) is 14.7. The third-order valence-electron chi connectivity index (χ3n) is 13.2. The molecule has 0 amide bonds. The standard InChI is InChI=1S/C58H44N2O/c1-4-17-39(18-5-1)42-33-35-47-48-36-34-44(38-54(48)59(53(47)37-42)43-23-8-3-9-24-43)60(52-30-16-32-56-58(52)50-26-11-13-31-55(50)61-56)51-29-12-10-25-46(51)49-28-15-22-41-21-14-27-45(57(41)49)40-19-6-2-7-20-40/h2-3,6-16,19-39H,1,4-5,17-18H2. The molecule has 0 spiro atoms. The van der Waals surface area contributed by atoms with Crippen molar-refractivity contribution in [1.29, 1.82) is 0 Å². The predicted molar refractivity (Wildman–Crippen MR) is 257 cm³/mol. The third kappa shape index (κ3) is 5.95. The molecule has 1 aliphatic rings. The first-order valence-corrected chi connectivity index (χ1v) is 21.8. The van der Waals surface area contributed by atoms with E-state index in [1.807, 2.05) is 0 Å². The molecule has 0 bridgehead atoms. The minimum atomic E-state index is 0.615. The van der Waals surface area contributed by atoms with Gasteiger partial charge in [-0.3, -0.25) is 0 Å². The highest BCUT2D eigenvalue weighted by Crippen LogP contribution is 2.49. The molecule has 0 atom stereocenters. The third-order valence-corrected chi connectivity index (χ3v) is 13.2. The normalized spacial score (nSPS) is 13.5. The van der Waals surface area contributed by atoms with Crippen LogP contribution in [0.2, 0.25) is 0 Å². The van der Waals surface area contributed by atoms with Crippen molar-refractivity contribution in [3.63, 3.8) is 0 Å². The van der Waals surface area contributed by atoms with Gasteiger partial charge in [0.05, 0.1) is 27.8 Å². The van der Waals surface area contributed by atoms with Crippen LogP contribution in [0.5, 0.6) is 0 Å². The second-order valence-electron chi connectivity index (χ2n) is 16.7. The van der Waals surface area contributed by atoms with E-state index in [1.54, 1.807) is 0 Å². The Morgan fingerprint density at radius 2 is 1.08 bits per heavy atom. The Morgan fingerprint density at radius 1 is 0.443 bits per heavy atom. The van der Waals surface area contributed by atoms with Gasteiger partial charge in [0, 0.05) is 33.1 Å². The SMILES string of the molecule is c1ccc(-c2cccc3cccc(-c4ccccc4N(c4ccc5c6ccc(C7CCCCC7)cc6n(-c6ccccc6)c5c4)c4cccc5oc6ccccc6c45)c23)cc1. The van der Waals surface area contributed by atoms with Crippen LogP contribution in [-0.4, -0.2) is 4.57 Å². The maximum absolute atomic E-state index is 6.57. The van der Waals surface area contributed by atoms with Crippen LogP contribution < -0.4 is 4.90 Å². The van der Waals surface area contributed by atoms with E-state index in [2.05, 4.69) is 210 Å². The highest BCUT2D eigenvalue weighted by molar-refractivity contribution is 6.16. The maximum Gasteiger partial charge on any atom is 0.137 e. The summed E-state index contributed by atoms with van der Waals surface area (Å²) in [6.07, 6.45) is 6.52. The number of hydrogen-bond donors (Lipinski definition) is 0. The molecule has 1 aliphatic carbocycles. The molecular formula is C58H44N2O. The molecule has 2 aromatic heterocycles. The lowest BCUT2D eigenvalue weighted by Crippen LogP contribution is -2.12. The lowest BCUT2D eigenvalue weighted by Gasteiger charge is -2.29. The fourth-order valence-corrected chi connectivity index (χ4v) is 10.4. The van der Waals surface area contributed by atoms with Gasteiger partial charge in [-0.15, -0.1) is 0 Å². The zero-order valence-electron chi connectivity index (χ0n) is 34.0. The Hall–Kier alpha value is -7.36. The molecule has 0 radical (unpaired) electrons. The molecule has 0 unspecified atom stereocenters. The minimum Gasteiger partial charge on any atom is -0.456 e. The number of aromatic nitrogens is 1. The highest BCUT2D eigenvalue weighted by atomic mass is 16.3. The van der Waals surface area contributed by atoms with E-state index < -0.39 is 0 Å². The molecule has 9 aromatic carbocycles. The highest BCUT2D eigenvalue weighted by Gasteiger charge is 2.25. The summed E-state index contributed by atoms with van der Waals surface area (Å²) in [7, 11) is 0. The zero-order valence-corrected chi connectivity index (χ0v) is 34.0. The van der Waals surface area contributed by atoms with Crippen LogP contribution in [0.15, 0.2) is 205 Å². The Balaban J connectivity index is 1.15. The number of benzene rings is 9. The molecule has 1 fully saturated rings. The minimum absolute atomic E-state index is 0.615. The topological polar surface area (TPSA) is 21.3 Å². The molecule has 0 aliphatic heterocycles. The first-order valence-electron chi connectivity index (χ1n) is 21.8. The number of rotatable bonds is 7. The quantitative estimate of drug-likeness (QED) is 0.161. The summed E-state index contributed by atoms with van der Waals surface area (Å²) < 4.78 is 9.06. The number of fused-ring (bicyclic) bond motifs is 7. The molecule has 12 rings (SSSR count). The van der Waals surface area contributed by atoms with E-state index in [9.17, 15) is 0 Å². The lowest BCUT2D eigenvalue weighted by atomic mass is 9.84. The molecule has 1 saturated carbocycles. The van der Waals surface area contributed by atoms with Crippen molar-refractivity contribution in [2.75, 3.05) is 4.90 Å². The van der Waals surface area contributed by atoms with Crippen molar-refractivity contribution < 1.29 is 4.42 Å². The number of hydrogen-bond acceptors (Lipinski definition) is 2. The predicted octanol–water partition coefficient (Wildman–Crippen LogP) is 16.7. The van der Waals surface area contributed by atoms with E-state index in [0.29, 0.717) is 5.92 Å². The first kappa shape index (κ1) is 35.6. The van der Waals surface area contributed by atoms with E-state index in [1.165, 1.54) is 92.6 Å². The summed E-state index contributed by atoms with van der Waals surface area (Å²) in [5.41, 5.74) is 14.8. The van der Waals surface area contributed by atoms with E-state index >= 15 is 0 Å². The monoisotopic (exact) mass is 784 g/mol. The van der Waals surface area contributed by atoms with Crippen LogP contribution in [0.25, 0.3) is 82.5 Å². The average Bonchev–Trinajstić information content (AvgIpc) is 3.88. The summed E-state index contributed by atoms with van der Waals surface area (Å²) >= 11 is 0. The van der Waals surface area contributed by atoms with Crippen LogP contribution in [0.1, 0.15) is 43.6 Å². The molecule has 2 heterocycles. The Morgan fingerprint density at radius 3 is 1.92 bits per heavy atom. The van der Waals surface area contributed by atoms with Crippen molar-refractivity contribution in [2.45, 2.75) is 38.0 Å². The molecule has 11 aromatic rings. The van der Waals surface area contributed by atoms with Gasteiger partial charge in [-0.2, -0.15) is 0 Å². The van der Waals surface area contributed by atoms with Gasteiger partial charge in [0.2, 0.25) is 0 Å². The summed E-state index contributed by atoms with van der Waals surface area (Å²) in [5.74, 6) is 0.615. The van der Waals surface area contributed by atoms with Gasteiger partial charge in [-0.1, -0.05) is 165 Å². The first-order chi connectivity index (χ1) is 30.3. The molecule has 0 N–H and O–H groups in total. The van der Waals surface area contributed by atoms with Crippen LogP contribution in [0.3, 0.4) is 0 Å². The lowest BCUT2D eigenvalue weighted by molar-refractivity contribution is 0.444.